The summed E-state index contributed by atoms with van der Waals surface area (Å²) in [5, 5.41) is 7.44. The van der Waals surface area contributed by atoms with Gasteiger partial charge in [-0.2, -0.15) is 0 Å². The van der Waals surface area contributed by atoms with E-state index in [1.807, 2.05) is 0 Å². The maximum atomic E-state index is 11.9. The Morgan fingerprint density at radius 3 is 2.80 bits per heavy atom. The largest absolute Gasteiger partial charge is 0.378 e. The van der Waals surface area contributed by atoms with Crippen LogP contribution in [0.4, 0.5) is 0 Å². The van der Waals surface area contributed by atoms with Crippen molar-refractivity contribution >= 4 is 5.78 Å². The molecule has 1 fully saturated rings. The Bertz CT molecular complexity index is 363. The number of aryl methyl sites for hydroxylation is 1. The van der Waals surface area contributed by atoms with Crippen molar-refractivity contribution in [2.45, 2.75) is 31.3 Å². The van der Waals surface area contributed by atoms with Crippen molar-refractivity contribution in [3.63, 3.8) is 0 Å². The molecule has 1 aromatic heterocycles. The molecule has 1 aliphatic rings. The molecule has 0 radical (unpaired) electrons. The second-order valence-electron chi connectivity index (χ2n) is 4.08. The van der Waals surface area contributed by atoms with Gasteiger partial charge in [0.1, 0.15) is 5.69 Å². The van der Waals surface area contributed by atoms with Crippen molar-refractivity contribution in [1.29, 1.82) is 0 Å². The van der Waals surface area contributed by atoms with E-state index in [9.17, 15) is 4.79 Å². The summed E-state index contributed by atoms with van der Waals surface area (Å²) in [6, 6.07) is 0. The minimum absolute atomic E-state index is 0.0593. The van der Waals surface area contributed by atoms with E-state index in [4.69, 9.17) is 4.74 Å². The smallest absolute Gasteiger partial charge is 0.185 e. The lowest BCUT2D eigenvalue weighted by molar-refractivity contribution is -0.0706. The van der Waals surface area contributed by atoms with Crippen LogP contribution in [0.1, 0.15) is 36.2 Å². The van der Waals surface area contributed by atoms with Gasteiger partial charge in [0.05, 0.1) is 11.8 Å². The Balaban J connectivity index is 2.07. The average molecular weight is 209 g/mol. The van der Waals surface area contributed by atoms with Crippen LogP contribution < -0.4 is 0 Å². The molecule has 2 rings (SSSR count). The Morgan fingerprint density at radius 2 is 2.40 bits per heavy atom. The summed E-state index contributed by atoms with van der Waals surface area (Å²) < 4.78 is 6.92. The van der Waals surface area contributed by atoms with Gasteiger partial charge in [-0.05, 0) is 19.3 Å². The van der Waals surface area contributed by atoms with Crippen LogP contribution in [0, 0.1) is 0 Å². The zero-order chi connectivity index (χ0) is 10.9. The first-order chi connectivity index (χ1) is 7.17. The van der Waals surface area contributed by atoms with Gasteiger partial charge in [-0.1, -0.05) is 5.21 Å². The van der Waals surface area contributed by atoms with Crippen LogP contribution in [0.2, 0.25) is 0 Å². The van der Waals surface area contributed by atoms with Gasteiger partial charge in [0.25, 0.3) is 0 Å². The molecule has 1 saturated carbocycles. The molecule has 5 nitrogen and oxygen atoms in total. The van der Waals surface area contributed by atoms with Crippen molar-refractivity contribution < 1.29 is 9.53 Å². The number of hydrogen-bond acceptors (Lipinski definition) is 4. The topological polar surface area (TPSA) is 57.0 Å². The van der Waals surface area contributed by atoms with E-state index in [0.717, 1.165) is 19.3 Å². The zero-order valence-electron chi connectivity index (χ0n) is 9.06. The van der Waals surface area contributed by atoms with E-state index >= 15 is 0 Å². The summed E-state index contributed by atoms with van der Waals surface area (Å²) in [7, 11) is 3.40. The minimum Gasteiger partial charge on any atom is -0.378 e. The lowest BCUT2D eigenvalue weighted by atomic mass is 9.76. The molecule has 15 heavy (non-hydrogen) atoms. The number of methoxy groups -OCH3 is 1. The highest BCUT2D eigenvalue weighted by Gasteiger charge is 2.39. The number of Topliss-reactive ketones (excluding diaryl/α,β-unsaturated/α-hetero) is 1. The second-order valence-corrected chi connectivity index (χ2v) is 4.08. The van der Waals surface area contributed by atoms with Crippen molar-refractivity contribution in [3.05, 3.63) is 11.9 Å². The van der Waals surface area contributed by atoms with Crippen molar-refractivity contribution in [2.75, 3.05) is 7.11 Å². The first-order valence-corrected chi connectivity index (χ1v) is 5.10. The average Bonchev–Trinajstić information content (AvgIpc) is 2.58. The molecule has 0 unspecified atom stereocenters. The molecule has 0 aromatic carbocycles. The van der Waals surface area contributed by atoms with Gasteiger partial charge in [0, 0.05) is 20.6 Å². The van der Waals surface area contributed by atoms with Gasteiger partial charge in [0.15, 0.2) is 5.78 Å². The predicted octanol–water partition coefficient (Wildman–Crippen LogP) is 0.957. The van der Waals surface area contributed by atoms with E-state index in [2.05, 4.69) is 10.3 Å². The molecule has 0 saturated heterocycles. The zero-order valence-corrected chi connectivity index (χ0v) is 9.06. The molecule has 1 heterocycles. The van der Waals surface area contributed by atoms with Gasteiger partial charge >= 0.3 is 0 Å². The van der Waals surface area contributed by atoms with Crippen LogP contribution in [0.15, 0.2) is 6.20 Å². The lowest BCUT2D eigenvalue weighted by Crippen LogP contribution is -2.41. The van der Waals surface area contributed by atoms with Crippen molar-refractivity contribution in [2.24, 2.45) is 7.05 Å². The maximum Gasteiger partial charge on any atom is 0.185 e. The maximum absolute atomic E-state index is 11.9. The van der Waals surface area contributed by atoms with Crippen LogP contribution in [-0.4, -0.2) is 33.5 Å². The minimum atomic E-state index is -0.221. The third kappa shape index (κ3) is 1.79. The van der Waals surface area contributed by atoms with E-state index in [1.54, 1.807) is 14.2 Å². The van der Waals surface area contributed by atoms with E-state index in [0.29, 0.717) is 12.1 Å². The summed E-state index contributed by atoms with van der Waals surface area (Å²) in [4.78, 5) is 11.9. The standard InChI is InChI=1S/C10H15N3O2/c1-13-8(7-11-12-13)9(14)6-10(15-2)4-3-5-10/h7H,3-6H2,1-2H3. The second kappa shape index (κ2) is 3.73. The molecule has 0 bridgehead atoms. The fourth-order valence-electron chi connectivity index (χ4n) is 1.95. The first kappa shape index (κ1) is 10.3. The molecule has 0 N–H and O–H groups in total. The number of ether oxygens (including phenoxy) is 1. The summed E-state index contributed by atoms with van der Waals surface area (Å²) >= 11 is 0. The van der Waals surface area contributed by atoms with E-state index in [1.165, 1.54) is 10.9 Å². The van der Waals surface area contributed by atoms with Crippen LogP contribution in [0.3, 0.4) is 0 Å². The van der Waals surface area contributed by atoms with Crippen LogP contribution in [-0.2, 0) is 11.8 Å². The fraction of sp³-hybridized carbons (Fsp3) is 0.700. The first-order valence-electron chi connectivity index (χ1n) is 5.10. The number of hydrogen-bond donors (Lipinski definition) is 0. The highest BCUT2D eigenvalue weighted by molar-refractivity contribution is 5.94. The summed E-state index contributed by atoms with van der Waals surface area (Å²) in [5.74, 6) is 0.0593. The molecular formula is C10H15N3O2. The molecule has 0 atom stereocenters. The Kier molecular flexibility index (Phi) is 2.56. The number of ketones is 1. The number of rotatable bonds is 4. The third-order valence-corrected chi connectivity index (χ3v) is 3.18. The lowest BCUT2D eigenvalue weighted by Gasteiger charge is -2.39. The molecule has 5 heteroatoms. The molecule has 82 valence electrons. The van der Waals surface area contributed by atoms with Crippen molar-refractivity contribution in [3.8, 4) is 0 Å². The monoisotopic (exact) mass is 209 g/mol. The highest BCUT2D eigenvalue weighted by Crippen LogP contribution is 2.38. The normalized spacial score (nSPS) is 18.5. The van der Waals surface area contributed by atoms with Crippen molar-refractivity contribution in [1.82, 2.24) is 15.0 Å². The fourth-order valence-corrected chi connectivity index (χ4v) is 1.95. The van der Waals surface area contributed by atoms with Gasteiger partial charge in [-0.25, -0.2) is 4.68 Å². The summed E-state index contributed by atoms with van der Waals surface area (Å²) in [6.07, 6.45) is 5.03. The van der Waals surface area contributed by atoms with Gasteiger partial charge < -0.3 is 4.74 Å². The van der Waals surface area contributed by atoms with Gasteiger partial charge in [0.2, 0.25) is 0 Å². The Morgan fingerprint density at radius 1 is 1.67 bits per heavy atom. The molecule has 1 aliphatic carbocycles. The molecule has 0 amide bonds. The molecule has 1 aromatic rings. The van der Waals surface area contributed by atoms with Gasteiger partial charge in [-0.15, -0.1) is 5.10 Å². The highest BCUT2D eigenvalue weighted by atomic mass is 16.5. The number of nitrogens with zero attached hydrogens (tertiary/aromatic N) is 3. The molecule has 0 spiro atoms. The van der Waals surface area contributed by atoms with Crippen LogP contribution >= 0.6 is 0 Å². The number of aromatic nitrogens is 3. The predicted molar refractivity (Wildman–Crippen MR) is 53.5 cm³/mol. The molecular weight excluding hydrogens is 194 g/mol. The van der Waals surface area contributed by atoms with Crippen LogP contribution in [0.25, 0.3) is 0 Å². The third-order valence-electron chi connectivity index (χ3n) is 3.18. The Hall–Kier alpha value is -1.23. The quantitative estimate of drug-likeness (QED) is 0.693. The van der Waals surface area contributed by atoms with Gasteiger partial charge in [-0.3, -0.25) is 4.79 Å². The van der Waals surface area contributed by atoms with E-state index in [-0.39, 0.29) is 11.4 Å². The molecule has 0 aliphatic heterocycles. The summed E-state index contributed by atoms with van der Waals surface area (Å²) in [6.45, 7) is 0. The SMILES string of the molecule is COC1(CC(=O)c2cnnn2C)CCC1. The van der Waals surface area contributed by atoms with Crippen LogP contribution in [0.5, 0.6) is 0 Å². The van der Waals surface area contributed by atoms with E-state index < -0.39 is 0 Å². The summed E-state index contributed by atoms with van der Waals surface area (Å²) in [5.41, 5.74) is 0.333. The Labute approximate surface area is 88.4 Å². The number of carbonyl (C=O) groups excluding carboxylic acids is 1. The number of carbonyl (C=O) groups is 1.